The maximum Gasteiger partial charge on any atom is 0.228 e. The van der Waals surface area contributed by atoms with Crippen molar-refractivity contribution in [3.05, 3.63) is 0 Å². The van der Waals surface area contributed by atoms with Gasteiger partial charge >= 0.3 is 0 Å². The molecule has 3 heteroatoms. The second-order valence-electron chi connectivity index (χ2n) is 4.61. The van der Waals surface area contributed by atoms with Gasteiger partial charge in [0.1, 0.15) is 6.17 Å². The fraction of sp³-hybridized carbons (Fsp3) is 0.900. The van der Waals surface area contributed by atoms with Crippen molar-refractivity contribution in [3.8, 4) is 0 Å². The average molecular weight is 185 g/mol. The Hall–Kier alpha value is -0.600. The molecule has 1 saturated carbocycles. The third kappa shape index (κ3) is 1.56. The summed E-state index contributed by atoms with van der Waals surface area (Å²) in [6.45, 7) is 6.03. The van der Waals surface area contributed by atoms with E-state index in [1.54, 1.807) is 4.90 Å². The SMILES string of the molecule is CC(C)C1CN(C(=O)C2C[C@@H]2F)C1. The molecule has 2 fully saturated rings. The van der Waals surface area contributed by atoms with Crippen LogP contribution in [0.2, 0.25) is 0 Å². The molecule has 0 N–H and O–H groups in total. The van der Waals surface area contributed by atoms with Gasteiger partial charge in [-0.2, -0.15) is 0 Å². The summed E-state index contributed by atoms with van der Waals surface area (Å²) in [7, 11) is 0. The first-order chi connectivity index (χ1) is 6.09. The minimum Gasteiger partial charge on any atom is -0.342 e. The first-order valence-electron chi connectivity index (χ1n) is 5.02. The molecule has 1 heterocycles. The van der Waals surface area contributed by atoms with Crippen LogP contribution in [0.4, 0.5) is 4.39 Å². The summed E-state index contributed by atoms with van der Waals surface area (Å²) in [5.41, 5.74) is 0. The molecule has 2 nitrogen and oxygen atoms in total. The normalized spacial score (nSPS) is 33.4. The molecule has 1 amide bonds. The van der Waals surface area contributed by atoms with Crippen LogP contribution in [0.3, 0.4) is 0 Å². The molecule has 0 bridgehead atoms. The predicted octanol–water partition coefficient (Wildman–Crippen LogP) is 1.46. The van der Waals surface area contributed by atoms with Crippen LogP contribution < -0.4 is 0 Å². The highest BCUT2D eigenvalue weighted by molar-refractivity contribution is 5.82. The summed E-state index contributed by atoms with van der Waals surface area (Å²) < 4.78 is 12.6. The van der Waals surface area contributed by atoms with Crippen LogP contribution in [-0.4, -0.2) is 30.1 Å². The van der Waals surface area contributed by atoms with E-state index in [2.05, 4.69) is 13.8 Å². The fourth-order valence-electron chi connectivity index (χ4n) is 1.77. The number of likely N-dealkylation sites (tertiary alicyclic amines) is 1. The van der Waals surface area contributed by atoms with Crippen molar-refractivity contribution in [1.29, 1.82) is 0 Å². The largest absolute Gasteiger partial charge is 0.342 e. The lowest BCUT2D eigenvalue weighted by molar-refractivity contribution is -0.140. The molecule has 0 aromatic heterocycles. The van der Waals surface area contributed by atoms with E-state index in [0.717, 1.165) is 13.1 Å². The Balaban J connectivity index is 1.77. The Morgan fingerprint density at radius 2 is 2.00 bits per heavy atom. The van der Waals surface area contributed by atoms with Crippen LogP contribution in [0.15, 0.2) is 0 Å². The predicted molar refractivity (Wildman–Crippen MR) is 47.9 cm³/mol. The van der Waals surface area contributed by atoms with E-state index in [1.165, 1.54) is 0 Å². The Labute approximate surface area is 78.1 Å². The molecular formula is C10H16FNO. The van der Waals surface area contributed by atoms with Crippen molar-refractivity contribution in [2.75, 3.05) is 13.1 Å². The van der Waals surface area contributed by atoms with E-state index in [9.17, 15) is 9.18 Å². The fourth-order valence-corrected chi connectivity index (χ4v) is 1.77. The van der Waals surface area contributed by atoms with E-state index in [1.807, 2.05) is 0 Å². The summed E-state index contributed by atoms with van der Waals surface area (Å²) in [6, 6.07) is 0. The van der Waals surface area contributed by atoms with Crippen LogP contribution in [0.5, 0.6) is 0 Å². The summed E-state index contributed by atoms with van der Waals surface area (Å²) in [4.78, 5) is 13.3. The molecule has 1 saturated heterocycles. The van der Waals surface area contributed by atoms with Crippen LogP contribution in [-0.2, 0) is 4.79 Å². The summed E-state index contributed by atoms with van der Waals surface area (Å²) in [5.74, 6) is 1.04. The van der Waals surface area contributed by atoms with Gasteiger partial charge in [-0.25, -0.2) is 4.39 Å². The molecule has 0 aromatic rings. The lowest BCUT2D eigenvalue weighted by atomic mass is 9.88. The Morgan fingerprint density at radius 3 is 2.38 bits per heavy atom. The third-order valence-corrected chi connectivity index (χ3v) is 3.19. The Bertz CT molecular complexity index is 223. The van der Waals surface area contributed by atoms with Gasteiger partial charge in [-0.15, -0.1) is 0 Å². The highest BCUT2D eigenvalue weighted by Gasteiger charge is 2.48. The first-order valence-corrected chi connectivity index (χ1v) is 5.02. The van der Waals surface area contributed by atoms with Gasteiger partial charge in [0.2, 0.25) is 5.91 Å². The molecule has 2 rings (SSSR count). The molecule has 1 aliphatic carbocycles. The van der Waals surface area contributed by atoms with Crippen LogP contribution >= 0.6 is 0 Å². The molecule has 2 atom stereocenters. The number of carbonyl (C=O) groups is 1. The second kappa shape index (κ2) is 2.96. The highest BCUT2D eigenvalue weighted by Crippen LogP contribution is 2.37. The van der Waals surface area contributed by atoms with Gasteiger partial charge < -0.3 is 4.90 Å². The van der Waals surface area contributed by atoms with Crippen molar-refractivity contribution in [1.82, 2.24) is 4.90 Å². The topological polar surface area (TPSA) is 20.3 Å². The minimum atomic E-state index is -0.842. The van der Waals surface area contributed by atoms with Crippen molar-refractivity contribution in [2.24, 2.45) is 17.8 Å². The molecule has 74 valence electrons. The van der Waals surface area contributed by atoms with E-state index < -0.39 is 6.17 Å². The van der Waals surface area contributed by atoms with Gasteiger partial charge in [0.05, 0.1) is 5.92 Å². The number of carbonyl (C=O) groups excluding carboxylic acids is 1. The molecule has 13 heavy (non-hydrogen) atoms. The number of rotatable bonds is 2. The molecule has 1 unspecified atom stereocenters. The zero-order valence-electron chi connectivity index (χ0n) is 8.16. The maximum absolute atomic E-state index is 12.6. The van der Waals surface area contributed by atoms with Gasteiger partial charge in [-0.1, -0.05) is 13.8 Å². The van der Waals surface area contributed by atoms with Gasteiger partial charge in [0, 0.05) is 13.1 Å². The van der Waals surface area contributed by atoms with Gasteiger partial charge in [-0.3, -0.25) is 4.79 Å². The molecule has 2 aliphatic rings. The zero-order chi connectivity index (χ0) is 9.59. The molecule has 0 spiro atoms. The highest BCUT2D eigenvalue weighted by atomic mass is 19.1. The van der Waals surface area contributed by atoms with Crippen molar-refractivity contribution in [2.45, 2.75) is 26.4 Å². The number of hydrogen-bond donors (Lipinski definition) is 0. The monoisotopic (exact) mass is 185 g/mol. The lowest BCUT2D eigenvalue weighted by Gasteiger charge is -2.41. The number of halogens is 1. The third-order valence-electron chi connectivity index (χ3n) is 3.19. The smallest absolute Gasteiger partial charge is 0.228 e. The summed E-state index contributed by atoms with van der Waals surface area (Å²) >= 11 is 0. The first kappa shape index (κ1) is 8.97. The summed E-state index contributed by atoms with van der Waals surface area (Å²) in [5, 5.41) is 0. The van der Waals surface area contributed by atoms with Crippen LogP contribution in [0.1, 0.15) is 20.3 Å². The van der Waals surface area contributed by atoms with Gasteiger partial charge in [0.25, 0.3) is 0 Å². The number of alkyl halides is 1. The Morgan fingerprint density at radius 1 is 1.46 bits per heavy atom. The molecule has 1 aliphatic heterocycles. The number of nitrogens with zero attached hydrogens (tertiary/aromatic N) is 1. The standard InChI is InChI=1S/C10H16FNO/c1-6(2)7-4-12(5-7)10(13)8-3-9(8)11/h6-9H,3-5H2,1-2H3/t8?,9-/m0/s1. The van der Waals surface area contributed by atoms with E-state index in [0.29, 0.717) is 18.3 Å². The summed E-state index contributed by atoms with van der Waals surface area (Å²) in [6.07, 6.45) is -0.382. The quantitative estimate of drug-likeness (QED) is 0.637. The van der Waals surface area contributed by atoms with E-state index in [4.69, 9.17) is 0 Å². The maximum atomic E-state index is 12.6. The van der Waals surface area contributed by atoms with E-state index in [-0.39, 0.29) is 11.8 Å². The minimum absolute atomic E-state index is 0.0457. The van der Waals surface area contributed by atoms with Crippen molar-refractivity contribution in [3.63, 3.8) is 0 Å². The van der Waals surface area contributed by atoms with Gasteiger partial charge in [0.15, 0.2) is 0 Å². The van der Waals surface area contributed by atoms with E-state index >= 15 is 0 Å². The van der Waals surface area contributed by atoms with Crippen LogP contribution in [0.25, 0.3) is 0 Å². The zero-order valence-corrected chi connectivity index (χ0v) is 8.16. The molecular weight excluding hydrogens is 169 g/mol. The van der Waals surface area contributed by atoms with Crippen molar-refractivity contribution < 1.29 is 9.18 Å². The van der Waals surface area contributed by atoms with Crippen LogP contribution in [0, 0.1) is 17.8 Å². The van der Waals surface area contributed by atoms with Crippen molar-refractivity contribution >= 4 is 5.91 Å². The molecule has 0 aromatic carbocycles. The number of amides is 1. The van der Waals surface area contributed by atoms with Gasteiger partial charge in [-0.05, 0) is 18.3 Å². The molecule has 0 radical (unpaired) electrons. The Kier molecular flexibility index (Phi) is 2.05. The average Bonchev–Trinajstić information content (AvgIpc) is 2.62. The second-order valence-corrected chi connectivity index (χ2v) is 4.61. The number of hydrogen-bond acceptors (Lipinski definition) is 1. The lowest BCUT2D eigenvalue weighted by Crippen LogP contribution is -2.52.